The van der Waals surface area contributed by atoms with Crippen molar-refractivity contribution in [3.05, 3.63) is 70.8 Å². The van der Waals surface area contributed by atoms with Crippen molar-refractivity contribution in [2.75, 3.05) is 20.1 Å². The van der Waals surface area contributed by atoms with E-state index in [1.807, 2.05) is 13.8 Å². The largest absolute Gasteiger partial charge is 0.458 e. The number of carbonyl (C=O) groups is 7. The molecule has 0 spiro atoms. The van der Waals surface area contributed by atoms with E-state index in [1.165, 1.54) is 32.7 Å². The number of halogens is 2. The zero-order chi connectivity index (χ0) is 41.9. The lowest BCUT2D eigenvalue weighted by atomic mass is 10.0. The first-order valence-electron chi connectivity index (χ1n) is 19.0. The van der Waals surface area contributed by atoms with Gasteiger partial charge in [0, 0.05) is 39.0 Å². The highest BCUT2D eigenvalue weighted by atomic mass is 19.1. The number of carbonyl (C=O) groups excluding carboxylic acids is 7. The van der Waals surface area contributed by atoms with Gasteiger partial charge >= 0.3 is 5.97 Å². The van der Waals surface area contributed by atoms with Crippen molar-refractivity contribution in [1.82, 2.24) is 30.7 Å². The van der Waals surface area contributed by atoms with Crippen molar-refractivity contribution < 1.29 is 52.2 Å². The van der Waals surface area contributed by atoms with Gasteiger partial charge in [0.15, 0.2) is 0 Å². The van der Waals surface area contributed by atoms with Gasteiger partial charge in [0.05, 0.1) is 12.5 Å². The Morgan fingerprint density at radius 3 is 2.16 bits per heavy atom. The molecule has 2 aromatic carbocycles. The molecular formula is C40H50F2N6O9. The summed E-state index contributed by atoms with van der Waals surface area (Å²) < 4.78 is 34.4. The Hall–Kier alpha value is -5.45. The summed E-state index contributed by atoms with van der Waals surface area (Å²) in [7, 11) is 1.34. The standard InChI is InChI=1S/C40H50F2N6O9/c1-20-7-9-25(10-8-20)15-33(50)44-30(14-26-12-27(41)16-28(42)13-26)36(52)45-34-24(5)57-40(56)32-11-21(2)18-47(32)37(53)22(3)43-35(51)23(4)46(6)38(54)31-17-29(49)19-48(31)39(34)55/h7-10,12-13,16,21-24,29-32,34,49H,11,14-15,17-19H2,1-6H3,(H,43,51)(H,44,50)(H,45,52)/t21-,22-,23-,24-,29+,30-,31?,32?,34-/m0/s1. The number of likely N-dealkylation sites (N-methyl/N-ethyl adjacent to an activating group) is 1. The second-order valence-electron chi connectivity index (χ2n) is 15.5. The minimum atomic E-state index is -1.73. The third-order valence-corrected chi connectivity index (χ3v) is 10.8. The molecule has 3 saturated heterocycles. The summed E-state index contributed by atoms with van der Waals surface area (Å²) in [6, 6.07) is 1.82. The minimum Gasteiger partial charge on any atom is -0.458 e. The van der Waals surface area contributed by atoms with Gasteiger partial charge in [-0.25, -0.2) is 13.6 Å². The molecule has 2 unspecified atom stereocenters. The van der Waals surface area contributed by atoms with Gasteiger partial charge in [0.1, 0.15) is 54.0 Å². The van der Waals surface area contributed by atoms with Crippen LogP contribution in [0.2, 0.25) is 0 Å². The smallest absolute Gasteiger partial charge is 0.329 e. The number of hydrogen-bond donors (Lipinski definition) is 4. The van der Waals surface area contributed by atoms with Crippen molar-refractivity contribution in [3.8, 4) is 0 Å². The molecule has 3 aliphatic rings. The van der Waals surface area contributed by atoms with Gasteiger partial charge in [-0.3, -0.25) is 28.8 Å². The van der Waals surface area contributed by atoms with E-state index < -0.39 is 108 Å². The van der Waals surface area contributed by atoms with Crippen LogP contribution in [-0.2, 0) is 51.1 Å². The number of cyclic esters (lactones) is 1. The molecule has 4 N–H and O–H groups in total. The maximum Gasteiger partial charge on any atom is 0.329 e. The molecule has 3 heterocycles. The fourth-order valence-electron chi connectivity index (χ4n) is 7.50. The van der Waals surface area contributed by atoms with Crippen LogP contribution in [0.1, 0.15) is 57.2 Å². The van der Waals surface area contributed by atoms with Gasteiger partial charge in [-0.2, -0.15) is 0 Å². The molecule has 0 aliphatic carbocycles. The predicted octanol–water partition coefficient (Wildman–Crippen LogP) is 0.524. The number of ether oxygens (including phenoxy) is 1. The maximum atomic E-state index is 14.6. The average Bonchev–Trinajstić information content (AvgIpc) is 3.74. The van der Waals surface area contributed by atoms with E-state index in [1.54, 1.807) is 24.3 Å². The molecule has 2 aromatic rings. The summed E-state index contributed by atoms with van der Waals surface area (Å²) in [6.45, 7) is 7.74. The molecule has 0 bridgehead atoms. The molecule has 15 nitrogen and oxygen atoms in total. The van der Waals surface area contributed by atoms with Gasteiger partial charge < -0.3 is 40.5 Å². The number of rotatable bonds is 7. The van der Waals surface area contributed by atoms with E-state index in [9.17, 15) is 47.4 Å². The van der Waals surface area contributed by atoms with E-state index in [4.69, 9.17) is 4.74 Å². The number of aryl methyl sites for hydroxylation is 1. The molecular weight excluding hydrogens is 746 g/mol. The van der Waals surface area contributed by atoms with Gasteiger partial charge in [-0.05, 0) is 63.3 Å². The number of nitrogens with zero attached hydrogens (tertiary/aromatic N) is 3. The molecule has 0 aromatic heterocycles. The summed E-state index contributed by atoms with van der Waals surface area (Å²) in [5.41, 5.74) is 1.58. The van der Waals surface area contributed by atoms with Gasteiger partial charge in [-0.15, -0.1) is 0 Å². The summed E-state index contributed by atoms with van der Waals surface area (Å²) in [6.07, 6.45) is -3.22. The quantitative estimate of drug-likeness (QED) is 0.289. The summed E-state index contributed by atoms with van der Waals surface area (Å²) >= 11 is 0. The molecule has 3 aliphatic heterocycles. The molecule has 0 saturated carbocycles. The van der Waals surface area contributed by atoms with Crippen LogP contribution in [0.15, 0.2) is 42.5 Å². The number of amides is 6. The number of fused-ring (bicyclic) bond motifs is 2. The zero-order valence-electron chi connectivity index (χ0n) is 32.8. The highest BCUT2D eigenvalue weighted by molar-refractivity contribution is 5.98. The van der Waals surface area contributed by atoms with E-state index in [2.05, 4.69) is 16.0 Å². The molecule has 9 atom stereocenters. The van der Waals surface area contributed by atoms with E-state index in [0.717, 1.165) is 27.5 Å². The van der Waals surface area contributed by atoms with Crippen molar-refractivity contribution in [3.63, 3.8) is 0 Å². The van der Waals surface area contributed by atoms with Crippen molar-refractivity contribution in [2.24, 2.45) is 5.92 Å². The van der Waals surface area contributed by atoms with Crippen LogP contribution in [-0.4, -0.2) is 130 Å². The van der Waals surface area contributed by atoms with Crippen LogP contribution in [0.5, 0.6) is 0 Å². The average molecular weight is 797 g/mol. The third-order valence-electron chi connectivity index (χ3n) is 10.8. The number of aliphatic hydroxyl groups excluding tert-OH is 1. The van der Waals surface area contributed by atoms with E-state index in [0.29, 0.717) is 11.6 Å². The zero-order valence-corrected chi connectivity index (χ0v) is 32.8. The molecule has 6 amide bonds. The Morgan fingerprint density at radius 2 is 1.51 bits per heavy atom. The summed E-state index contributed by atoms with van der Waals surface area (Å²) in [4.78, 5) is 100. The summed E-state index contributed by atoms with van der Waals surface area (Å²) in [5.74, 6) is -7.38. The van der Waals surface area contributed by atoms with Crippen LogP contribution in [0.4, 0.5) is 8.78 Å². The number of aliphatic hydroxyl groups is 1. The van der Waals surface area contributed by atoms with Crippen LogP contribution in [0, 0.1) is 24.5 Å². The van der Waals surface area contributed by atoms with E-state index >= 15 is 0 Å². The molecule has 5 rings (SSSR count). The lowest BCUT2D eigenvalue weighted by Gasteiger charge is -2.36. The predicted molar refractivity (Wildman–Crippen MR) is 200 cm³/mol. The van der Waals surface area contributed by atoms with Crippen molar-refractivity contribution >= 4 is 41.4 Å². The van der Waals surface area contributed by atoms with Gasteiger partial charge in [0.25, 0.3) is 0 Å². The van der Waals surface area contributed by atoms with Crippen molar-refractivity contribution in [2.45, 2.75) is 109 Å². The molecule has 57 heavy (non-hydrogen) atoms. The first-order chi connectivity index (χ1) is 26.8. The molecule has 0 radical (unpaired) electrons. The normalized spacial score (nSPS) is 28.0. The van der Waals surface area contributed by atoms with E-state index in [-0.39, 0.29) is 43.8 Å². The Labute approximate surface area is 329 Å². The van der Waals surface area contributed by atoms with Crippen LogP contribution in [0.3, 0.4) is 0 Å². The highest BCUT2D eigenvalue weighted by Gasteiger charge is 2.47. The highest BCUT2D eigenvalue weighted by Crippen LogP contribution is 2.27. The van der Waals surface area contributed by atoms with Gasteiger partial charge in [0.2, 0.25) is 35.4 Å². The molecule has 3 fully saturated rings. The first kappa shape index (κ1) is 42.7. The first-order valence-corrected chi connectivity index (χ1v) is 19.0. The number of esters is 1. The molecule has 308 valence electrons. The third kappa shape index (κ3) is 10.1. The fraction of sp³-hybridized carbons (Fsp3) is 0.525. The van der Waals surface area contributed by atoms with Crippen LogP contribution >= 0.6 is 0 Å². The second kappa shape index (κ2) is 17.8. The lowest BCUT2D eigenvalue weighted by Crippen LogP contribution is -2.62. The number of nitrogens with one attached hydrogen (secondary N) is 3. The monoisotopic (exact) mass is 796 g/mol. The van der Waals surface area contributed by atoms with Gasteiger partial charge in [-0.1, -0.05) is 36.8 Å². The Balaban J connectivity index is 1.51. The molecule has 17 heteroatoms. The lowest BCUT2D eigenvalue weighted by molar-refractivity contribution is -0.162. The topological polar surface area (TPSA) is 195 Å². The van der Waals surface area contributed by atoms with Crippen LogP contribution in [0.25, 0.3) is 0 Å². The van der Waals surface area contributed by atoms with Crippen LogP contribution < -0.4 is 16.0 Å². The summed E-state index contributed by atoms with van der Waals surface area (Å²) in [5, 5.41) is 18.5. The Bertz CT molecular complexity index is 1880. The maximum absolute atomic E-state index is 14.6. The number of hydrogen-bond acceptors (Lipinski definition) is 9. The SMILES string of the molecule is Cc1ccc(CC(=O)N[C@@H](Cc2cc(F)cc(F)c2)C(=O)N[C@@H]2C(=O)N3C[C@H](O)CC3C(=O)N(C)[C@@H](C)C(=O)N[C@@H](C)C(=O)N3C[C@@H](C)CC3C(=O)O[C@H]2C)cc1. The number of benzene rings is 2. The minimum absolute atomic E-state index is 0.0101. The second-order valence-corrected chi connectivity index (χ2v) is 15.5. The fourth-order valence-corrected chi connectivity index (χ4v) is 7.50. The Morgan fingerprint density at radius 1 is 0.877 bits per heavy atom. The Kier molecular flexibility index (Phi) is 13.3. The van der Waals surface area contributed by atoms with Crippen molar-refractivity contribution in [1.29, 1.82) is 0 Å².